The third kappa shape index (κ3) is 4.79. The van der Waals surface area contributed by atoms with Crippen LogP contribution >= 0.6 is 11.8 Å². The van der Waals surface area contributed by atoms with Gasteiger partial charge in [0.1, 0.15) is 0 Å². The van der Waals surface area contributed by atoms with Crippen molar-refractivity contribution in [3.05, 3.63) is 54.1 Å². The molecule has 0 saturated carbocycles. The standard InChI is InChI=1S/C19H19N3O4S2/c1-12(2)27-14-10-8-13(9-11-14)18-21-22-19(26-18)20-17(23)15-6-4-5-7-16(15)28(3,24)25/h4-12H,1-3H3,(H,20,22,23). The third-order valence-corrected chi connectivity index (χ3v) is 5.82. The SMILES string of the molecule is CC(C)Sc1ccc(-c2nnc(NC(=O)c3ccccc3S(C)(=O)=O)o2)cc1. The van der Waals surface area contributed by atoms with Gasteiger partial charge in [0.2, 0.25) is 5.89 Å². The summed E-state index contributed by atoms with van der Waals surface area (Å²) < 4.78 is 29.2. The number of hydrogen-bond acceptors (Lipinski definition) is 7. The molecule has 28 heavy (non-hydrogen) atoms. The van der Waals surface area contributed by atoms with Gasteiger partial charge in [-0.1, -0.05) is 31.1 Å². The number of thioether (sulfide) groups is 1. The van der Waals surface area contributed by atoms with Crippen LogP contribution in [-0.4, -0.2) is 36.0 Å². The molecule has 0 bridgehead atoms. The van der Waals surface area contributed by atoms with Crippen molar-refractivity contribution in [1.29, 1.82) is 0 Å². The monoisotopic (exact) mass is 417 g/mol. The van der Waals surface area contributed by atoms with E-state index < -0.39 is 15.7 Å². The lowest BCUT2D eigenvalue weighted by Gasteiger charge is -2.06. The summed E-state index contributed by atoms with van der Waals surface area (Å²) in [5, 5.41) is 10.7. The highest BCUT2D eigenvalue weighted by Crippen LogP contribution is 2.27. The van der Waals surface area contributed by atoms with Crippen molar-refractivity contribution in [1.82, 2.24) is 10.2 Å². The molecule has 1 amide bonds. The molecule has 146 valence electrons. The highest BCUT2D eigenvalue weighted by Gasteiger charge is 2.20. The molecule has 0 atom stereocenters. The first-order valence-corrected chi connectivity index (χ1v) is 11.2. The lowest BCUT2D eigenvalue weighted by atomic mass is 10.2. The number of nitrogens with one attached hydrogen (secondary N) is 1. The van der Waals surface area contributed by atoms with Crippen LogP contribution in [0.25, 0.3) is 11.5 Å². The average Bonchev–Trinajstić information content (AvgIpc) is 3.09. The van der Waals surface area contributed by atoms with Crippen LogP contribution in [0.3, 0.4) is 0 Å². The van der Waals surface area contributed by atoms with Crippen molar-refractivity contribution in [2.75, 3.05) is 11.6 Å². The lowest BCUT2D eigenvalue weighted by Crippen LogP contribution is -2.16. The Morgan fingerprint density at radius 3 is 2.39 bits per heavy atom. The van der Waals surface area contributed by atoms with E-state index >= 15 is 0 Å². The van der Waals surface area contributed by atoms with Crippen molar-refractivity contribution in [3.8, 4) is 11.5 Å². The van der Waals surface area contributed by atoms with Gasteiger partial charge in [0.05, 0.1) is 10.5 Å². The van der Waals surface area contributed by atoms with E-state index in [1.807, 2.05) is 24.3 Å². The Balaban J connectivity index is 1.78. The second-order valence-electron chi connectivity index (χ2n) is 6.33. The molecule has 2 aromatic carbocycles. The molecule has 0 saturated heterocycles. The van der Waals surface area contributed by atoms with Gasteiger partial charge in [-0.3, -0.25) is 10.1 Å². The fourth-order valence-electron chi connectivity index (χ4n) is 2.48. The fraction of sp³-hybridized carbons (Fsp3) is 0.211. The number of carbonyl (C=O) groups is 1. The Kier molecular flexibility index (Phi) is 5.85. The molecular weight excluding hydrogens is 398 g/mol. The summed E-state index contributed by atoms with van der Waals surface area (Å²) in [6, 6.07) is 13.5. The predicted molar refractivity (Wildman–Crippen MR) is 108 cm³/mol. The number of anilines is 1. The Morgan fingerprint density at radius 1 is 1.07 bits per heavy atom. The van der Waals surface area contributed by atoms with Crippen LogP contribution in [-0.2, 0) is 9.84 Å². The fourth-order valence-corrected chi connectivity index (χ4v) is 4.20. The molecule has 7 nitrogen and oxygen atoms in total. The molecule has 0 aliphatic carbocycles. The van der Waals surface area contributed by atoms with E-state index in [0.29, 0.717) is 5.25 Å². The average molecular weight is 418 g/mol. The topological polar surface area (TPSA) is 102 Å². The first-order valence-electron chi connectivity index (χ1n) is 8.45. The van der Waals surface area contributed by atoms with E-state index in [-0.39, 0.29) is 22.4 Å². The molecule has 0 aliphatic heterocycles. The van der Waals surface area contributed by atoms with Crippen LogP contribution in [0.2, 0.25) is 0 Å². The van der Waals surface area contributed by atoms with Crippen LogP contribution in [0.4, 0.5) is 6.01 Å². The van der Waals surface area contributed by atoms with Crippen LogP contribution in [0.15, 0.2) is 62.7 Å². The van der Waals surface area contributed by atoms with Crippen LogP contribution in [0.5, 0.6) is 0 Å². The quantitative estimate of drug-likeness (QED) is 0.607. The van der Waals surface area contributed by atoms with E-state index in [2.05, 4.69) is 29.4 Å². The minimum absolute atomic E-state index is 0.0137. The Bertz CT molecular complexity index is 1090. The van der Waals surface area contributed by atoms with Gasteiger partial charge in [0.15, 0.2) is 9.84 Å². The number of aromatic nitrogens is 2. The molecule has 1 heterocycles. The largest absolute Gasteiger partial charge is 0.403 e. The highest BCUT2D eigenvalue weighted by atomic mass is 32.2. The summed E-state index contributed by atoms with van der Waals surface area (Å²) in [5.41, 5.74) is 0.734. The number of nitrogens with zero attached hydrogens (tertiary/aromatic N) is 2. The maximum atomic E-state index is 12.5. The summed E-state index contributed by atoms with van der Waals surface area (Å²) in [6.07, 6.45) is 1.05. The first-order chi connectivity index (χ1) is 13.2. The van der Waals surface area contributed by atoms with Gasteiger partial charge in [-0.25, -0.2) is 8.42 Å². The number of rotatable bonds is 6. The van der Waals surface area contributed by atoms with Gasteiger partial charge in [-0.2, -0.15) is 0 Å². The molecule has 0 spiro atoms. The summed E-state index contributed by atoms with van der Waals surface area (Å²) in [7, 11) is -3.55. The maximum Gasteiger partial charge on any atom is 0.322 e. The summed E-state index contributed by atoms with van der Waals surface area (Å²) in [6.45, 7) is 4.24. The molecule has 1 N–H and O–H groups in total. The van der Waals surface area contributed by atoms with E-state index in [1.54, 1.807) is 23.9 Å². The molecule has 0 fully saturated rings. The molecule has 0 unspecified atom stereocenters. The van der Waals surface area contributed by atoms with Crippen molar-refractivity contribution in [2.45, 2.75) is 28.9 Å². The van der Waals surface area contributed by atoms with E-state index in [9.17, 15) is 13.2 Å². The van der Waals surface area contributed by atoms with Crippen molar-refractivity contribution in [2.24, 2.45) is 0 Å². The van der Waals surface area contributed by atoms with Crippen LogP contribution in [0, 0.1) is 0 Å². The molecule has 3 aromatic rings. The molecule has 3 rings (SSSR count). The number of amides is 1. The zero-order valence-electron chi connectivity index (χ0n) is 15.5. The summed E-state index contributed by atoms with van der Waals surface area (Å²) in [5.74, 6) is -0.382. The molecule has 1 aromatic heterocycles. The lowest BCUT2D eigenvalue weighted by molar-refractivity contribution is 0.102. The van der Waals surface area contributed by atoms with Gasteiger partial charge in [-0.15, -0.1) is 16.9 Å². The highest BCUT2D eigenvalue weighted by molar-refractivity contribution is 7.99. The number of sulfone groups is 1. The van der Waals surface area contributed by atoms with Crippen molar-refractivity contribution < 1.29 is 17.6 Å². The normalized spacial score (nSPS) is 11.6. The Hall–Kier alpha value is -2.65. The smallest absolute Gasteiger partial charge is 0.322 e. The number of carbonyl (C=O) groups excluding carboxylic acids is 1. The van der Waals surface area contributed by atoms with E-state index in [0.717, 1.165) is 16.7 Å². The van der Waals surface area contributed by atoms with Gasteiger partial charge in [-0.05, 0) is 36.4 Å². The summed E-state index contributed by atoms with van der Waals surface area (Å²) >= 11 is 1.74. The molecule has 0 aliphatic rings. The van der Waals surface area contributed by atoms with Gasteiger partial charge in [0, 0.05) is 22.0 Å². The molecular formula is C19H19N3O4S2. The van der Waals surface area contributed by atoms with E-state index in [4.69, 9.17) is 4.42 Å². The maximum absolute atomic E-state index is 12.5. The van der Waals surface area contributed by atoms with Crippen molar-refractivity contribution >= 4 is 33.5 Å². The van der Waals surface area contributed by atoms with E-state index in [1.165, 1.54) is 12.1 Å². The number of benzene rings is 2. The zero-order valence-corrected chi connectivity index (χ0v) is 17.2. The number of hydrogen-bond donors (Lipinski definition) is 1. The molecule has 9 heteroatoms. The summed E-state index contributed by atoms with van der Waals surface area (Å²) in [4.78, 5) is 13.5. The minimum atomic E-state index is -3.55. The van der Waals surface area contributed by atoms with Gasteiger partial charge >= 0.3 is 6.01 Å². The van der Waals surface area contributed by atoms with Gasteiger partial charge < -0.3 is 4.42 Å². The predicted octanol–water partition coefficient (Wildman–Crippen LogP) is 3.89. The molecule has 0 radical (unpaired) electrons. The van der Waals surface area contributed by atoms with Crippen molar-refractivity contribution in [3.63, 3.8) is 0 Å². The van der Waals surface area contributed by atoms with Gasteiger partial charge in [0.25, 0.3) is 5.91 Å². The van der Waals surface area contributed by atoms with Crippen LogP contribution in [0.1, 0.15) is 24.2 Å². The zero-order chi connectivity index (χ0) is 20.3. The Morgan fingerprint density at radius 2 is 1.75 bits per heavy atom. The second-order valence-corrected chi connectivity index (χ2v) is 9.96. The third-order valence-electron chi connectivity index (χ3n) is 3.65. The Labute approximate surface area is 167 Å². The second kappa shape index (κ2) is 8.15. The first kappa shape index (κ1) is 20.1. The minimum Gasteiger partial charge on any atom is -0.403 e. The van der Waals surface area contributed by atoms with Crippen LogP contribution < -0.4 is 5.32 Å².